The molecule has 3 rings (SSSR count). The molecule has 0 aromatic heterocycles. The highest BCUT2D eigenvalue weighted by molar-refractivity contribution is 6.35. The van der Waals surface area contributed by atoms with E-state index in [-0.39, 0.29) is 34.6 Å². The molecule has 0 saturated carbocycles. The number of benzene rings is 2. The van der Waals surface area contributed by atoms with Gasteiger partial charge in [-0.15, -0.1) is 0 Å². The summed E-state index contributed by atoms with van der Waals surface area (Å²) in [6.07, 6.45) is 0.658. The standard InChI is InChI=1S/C22H26ClN3O3/c1-3-25-21(28)17-11-16-15(20(23)19(17)22(29)26-4-2)9-10-24-12-18(16)13-5-7-14(27)8-6-13/h5-8,11,18,24,27H,3-4,9-10,12H2,1-2H3,(H,25,28)(H,26,29). The van der Waals surface area contributed by atoms with Crippen molar-refractivity contribution in [1.82, 2.24) is 16.0 Å². The first-order valence-corrected chi connectivity index (χ1v) is 10.3. The Labute approximate surface area is 175 Å². The summed E-state index contributed by atoms with van der Waals surface area (Å²) < 4.78 is 0. The Morgan fingerprint density at radius 2 is 1.79 bits per heavy atom. The zero-order chi connectivity index (χ0) is 21.0. The van der Waals surface area contributed by atoms with Gasteiger partial charge in [0, 0.05) is 25.6 Å². The highest BCUT2D eigenvalue weighted by atomic mass is 35.5. The van der Waals surface area contributed by atoms with Crippen LogP contribution in [0.3, 0.4) is 0 Å². The minimum absolute atomic E-state index is 0.0536. The molecular weight excluding hydrogens is 390 g/mol. The van der Waals surface area contributed by atoms with E-state index >= 15 is 0 Å². The molecular formula is C22H26ClN3O3. The lowest BCUT2D eigenvalue weighted by Gasteiger charge is -2.22. The lowest BCUT2D eigenvalue weighted by atomic mass is 9.85. The highest BCUT2D eigenvalue weighted by Crippen LogP contribution is 2.37. The molecule has 1 atom stereocenters. The van der Waals surface area contributed by atoms with E-state index in [2.05, 4.69) is 16.0 Å². The Kier molecular flexibility index (Phi) is 6.77. The van der Waals surface area contributed by atoms with Gasteiger partial charge in [0.05, 0.1) is 16.1 Å². The molecule has 29 heavy (non-hydrogen) atoms. The Morgan fingerprint density at radius 1 is 1.14 bits per heavy atom. The van der Waals surface area contributed by atoms with Crippen molar-refractivity contribution in [3.63, 3.8) is 0 Å². The van der Waals surface area contributed by atoms with E-state index < -0.39 is 0 Å². The first-order valence-electron chi connectivity index (χ1n) is 9.89. The van der Waals surface area contributed by atoms with Crippen LogP contribution < -0.4 is 16.0 Å². The number of amides is 2. The average Bonchev–Trinajstić information content (AvgIpc) is 2.91. The second-order valence-corrected chi connectivity index (χ2v) is 7.38. The van der Waals surface area contributed by atoms with E-state index in [1.807, 2.05) is 26.0 Å². The van der Waals surface area contributed by atoms with Crippen molar-refractivity contribution in [2.45, 2.75) is 26.2 Å². The van der Waals surface area contributed by atoms with Gasteiger partial charge in [-0.2, -0.15) is 0 Å². The number of aromatic hydroxyl groups is 1. The molecule has 1 unspecified atom stereocenters. The third-order valence-electron chi connectivity index (χ3n) is 5.12. The predicted molar refractivity (Wildman–Crippen MR) is 114 cm³/mol. The number of hydrogen-bond donors (Lipinski definition) is 4. The third-order valence-corrected chi connectivity index (χ3v) is 5.54. The SMILES string of the molecule is CCNC(=O)c1cc2c(c(Cl)c1C(=O)NCC)CCNCC2c1ccc(O)cc1. The predicted octanol–water partition coefficient (Wildman–Crippen LogP) is 2.82. The van der Waals surface area contributed by atoms with Gasteiger partial charge in [0.15, 0.2) is 0 Å². The minimum Gasteiger partial charge on any atom is -0.508 e. The smallest absolute Gasteiger partial charge is 0.253 e. The number of halogens is 1. The Balaban J connectivity index is 2.21. The molecule has 0 fully saturated rings. The lowest BCUT2D eigenvalue weighted by Crippen LogP contribution is -2.30. The molecule has 6 nitrogen and oxygen atoms in total. The number of fused-ring (bicyclic) bond motifs is 1. The van der Waals surface area contributed by atoms with Gasteiger partial charge in [0.25, 0.3) is 11.8 Å². The maximum absolute atomic E-state index is 12.8. The fourth-order valence-electron chi connectivity index (χ4n) is 3.76. The summed E-state index contributed by atoms with van der Waals surface area (Å²) in [4.78, 5) is 25.5. The molecule has 1 aliphatic heterocycles. The Hall–Kier alpha value is -2.57. The van der Waals surface area contributed by atoms with Gasteiger partial charge in [0.2, 0.25) is 0 Å². The molecule has 0 aliphatic carbocycles. The van der Waals surface area contributed by atoms with Crippen LogP contribution >= 0.6 is 11.6 Å². The third kappa shape index (κ3) is 4.38. The van der Waals surface area contributed by atoms with E-state index in [9.17, 15) is 14.7 Å². The number of rotatable bonds is 5. The molecule has 0 spiro atoms. The maximum atomic E-state index is 12.8. The van der Waals surface area contributed by atoms with E-state index in [0.29, 0.717) is 31.1 Å². The fourth-order valence-corrected chi connectivity index (χ4v) is 4.15. The van der Waals surface area contributed by atoms with Crippen LogP contribution in [-0.2, 0) is 6.42 Å². The van der Waals surface area contributed by atoms with Crippen molar-refractivity contribution in [2.24, 2.45) is 0 Å². The number of phenolic OH excluding ortho intramolecular Hbond substituents is 1. The molecule has 0 bridgehead atoms. The summed E-state index contributed by atoms with van der Waals surface area (Å²) in [5.74, 6) is -0.523. The van der Waals surface area contributed by atoms with E-state index in [1.165, 1.54) is 0 Å². The quantitative estimate of drug-likeness (QED) is 0.604. The number of carbonyl (C=O) groups is 2. The first-order chi connectivity index (χ1) is 14.0. The molecule has 154 valence electrons. The minimum atomic E-state index is -0.347. The zero-order valence-electron chi connectivity index (χ0n) is 16.6. The van der Waals surface area contributed by atoms with Crippen molar-refractivity contribution in [2.75, 3.05) is 26.2 Å². The van der Waals surface area contributed by atoms with Gasteiger partial charge < -0.3 is 21.1 Å². The van der Waals surface area contributed by atoms with Crippen molar-refractivity contribution in [1.29, 1.82) is 0 Å². The summed E-state index contributed by atoms with van der Waals surface area (Å²) in [5, 5.41) is 18.9. The van der Waals surface area contributed by atoms with Gasteiger partial charge in [0.1, 0.15) is 5.75 Å². The molecule has 0 saturated heterocycles. The second-order valence-electron chi connectivity index (χ2n) is 7.00. The van der Waals surface area contributed by atoms with Crippen LogP contribution in [-0.4, -0.2) is 43.1 Å². The molecule has 4 N–H and O–H groups in total. The van der Waals surface area contributed by atoms with Crippen molar-refractivity contribution >= 4 is 23.4 Å². The van der Waals surface area contributed by atoms with Gasteiger partial charge in [-0.3, -0.25) is 9.59 Å². The van der Waals surface area contributed by atoms with Crippen LogP contribution in [0.5, 0.6) is 5.75 Å². The normalized spacial score (nSPS) is 15.9. The van der Waals surface area contributed by atoms with Gasteiger partial charge in [-0.25, -0.2) is 0 Å². The lowest BCUT2D eigenvalue weighted by molar-refractivity contribution is 0.0921. The van der Waals surface area contributed by atoms with Crippen LogP contribution in [0.2, 0.25) is 5.02 Å². The number of phenols is 1. The van der Waals surface area contributed by atoms with Crippen LogP contribution in [0, 0.1) is 0 Å². The van der Waals surface area contributed by atoms with Gasteiger partial charge in [-0.05, 0) is 61.7 Å². The maximum Gasteiger partial charge on any atom is 0.253 e. The fraction of sp³-hybridized carbons (Fsp3) is 0.364. The molecule has 1 heterocycles. The Bertz CT molecular complexity index is 913. The average molecular weight is 416 g/mol. The van der Waals surface area contributed by atoms with Crippen molar-refractivity contribution in [3.8, 4) is 5.75 Å². The summed E-state index contributed by atoms with van der Waals surface area (Å²) in [5.41, 5.74) is 3.32. The van der Waals surface area contributed by atoms with Gasteiger partial charge in [-0.1, -0.05) is 23.7 Å². The first kappa shape index (κ1) is 21.1. The monoisotopic (exact) mass is 415 g/mol. The van der Waals surface area contributed by atoms with Crippen LogP contribution in [0.25, 0.3) is 0 Å². The molecule has 2 aromatic carbocycles. The molecule has 2 amide bonds. The van der Waals surface area contributed by atoms with Crippen LogP contribution in [0.15, 0.2) is 30.3 Å². The summed E-state index contributed by atoms with van der Waals surface area (Å²) in [7, 11) is 0. The topological polar surface area (TPSA) is 90.5 Å². The number of carbonyl (C=O) groups excluding carboxylic acids is 2. The van der Waals surface area contributed by atoms with E-state index in [0.717, 1.165) is 23.2 Å². The highest BCUT2D eigenvalue weighted by Gasteiger charge is 2.29. The zero-order valence-corrected chi connectivity index (χ0v) is 17.4. The molecule has 1 aliphatic rings. The largest absolute Gasteiger partial charge is 0.508 e. The molecule has 2 aromatic rings. The summed E-state index contributed by atoms with van der Waals surface area (Å²) in [6, 6.07) is 8.84. The van der Waals surface area contributed by atoms with E-state index in [1.54, 1.807) is 18.2 Å². The summed E-state index contributed by atoms with van der Waals surface area (Å²) >= 11 is 6.75. The van der Waals surface area contributed by atoms with Crippen LogP contribution in [0.1, 0.15) is 57.2 Å². The summed E-state index contributed by atoms with van der Waals surface area (Å²) in [6.45, 7) is 5.94. The molecule has 0 radical (unpaired) electrons. The van der Waals surface area contributed by atoms with E-state index in [4.69, 9.17) is 11.6 Å². The molecule has 7 heteroatoms. The van der Waals surface area contributed by atoms with Crippen LogP contribution in [0.4, 0.5) is 0 Å². The van der Waals surface area contributed by atoms with Gasteiger partial charge >= 0.3 is 0 Å². The van der Waals surface area contributed by atoms with Crippen molar-refractivity contribution in [3.05, 3.63) is 63.2 Å². The second kappa shape index (κ2) is 9.29. The number of nitrogens with one attached hydrogen (secondary N) is 3. The Morgan fingerprint density at radius 3 is 2.45 bits per heavy atom. The van der Waals surface area contributed by atoms with Crippen molar-refractivity contribution < 1.29 is 14.7 Å². The number of hydrogen-bond acceptors (Lipinski definition) is 4.